The van der Waals surface area contributed by atoms with Gasteiger partial charge in [-0.2, -0.15) is 0 Å². The largest absolute Gasteiger partial charge is 0.462 e. The average Bonchev–Trinajstić information content (AvgIpc) is 2.81. The van der Waals surface area contributed by atoms with E-state index in [1.165, 1.54) is 6.07 Å². The van der Waals surface area contributed by atoms with Crippen molar-refractivity contribution in [3.05, 3.63) is 79.2 Å². The Kier molecular flexibility index (Phi) is 10.7. The maximum absolute atomic E-state index is 14.6. The van der Waals surface area contributed by atoms with Crippen molar-refractivity contribution in [2.24, 2.45) is 0 Å². The molecule has 4 nitrogen and oxygen atoms in total. The summed E-state index contributed by atoms with van der Waals surface area (Å²) in [5.74, 6) is -1.11. The van der Waals surface area contributed by atoms with Crippen molar-refractivity contribution in [1.82, 2.24) is 0 Å². The second-order valence-electron chi connectivity index (χ2n) is 5.87. The van der Waals surface area contributed by atoms with Crippen LogP contribution in [-0.4, -0.2) is 18.5 Å². The number of benzene rings is 3. The first-order chi connectivity index (χ1) is 15.0. The molecular weight excluding hydrogens is 395 g/mol. The third-order valence-corrected chi connectivity index (χ3v) is 4.12. The lowest BCUT2D eigenvalue weighted by atomic mass is 9.98. The summed E-state index contributed by atoms with van der Waals surface area (Å²) >= 11 is 0. The van der Waals surface area contributed by atoms with Crippen LogP contribution in [-0.2, 0) is 20.7 Å². The minimum atomic E-state index is -0.572. The Bertz CT molecular complexity index is 1070. The minimum Gasteiger partial charge on any atom is -0.462 e. The van der Waals surface area contributed by atoms with Gasteiger partial charge in [0, 0.05) is 24.0 Å². The van der Waals surface area contributed by atoms with Crippen LogP contribution in [0.1, 0.15) is 33.3 Å². The van der Waals surface area contributed by atoms with Gasteiger partial charge in [0.2, 0.25) is 0 Å². The summed E-state index contributed by atoms with van der Waals surface area (Å²) < 4.78 is 24.7. The van der Waals surface area contributed by atoms with Crippen LogP contribution in [0.5, 0.6) is 5.75 Å². The molecule has 0 saturated heterocycles. The number of rotatable bonds is 6. The zero-order chi connectivity index (χ0) is 23.4. The molecule has 3 aromatic rings. The minimum absolute atomic E-state index is 0.198. The molecule has 0 N–H and O–H groups in total. The van der Waals surface area contributed by atoms with E-state index in [9.17, 15) is 14.0 Å². The first-order valence-electron chi connectivity index (χ1n) is 10.3. The van der Waals surface area contributed by atoms with Gasteiger partial charge in [-0.15, -0.1) is 0 Å². The fourth-order valence-electron chi connectivity index (χ4n) is 2.85. The number of carbonyl (C=O) groups is 2. The molecule has 0 aliphatic carbocycles. The van der Waals surface area contributed by atoms with Crippen LogP contribution >= 0.6 is 0 Å². The van der Waals surface area contributed by atoms with E-state index in [4.69, 9.17) is 9.47 Å². The predicted molar refractivity (Wildman–Crippen MR) is 125 cm³/mol. The van der Waals surface area contributed by atoms with Gasteiger partial charge in [-0.1, -0.05) is 59.1 Å². The third kappa shape index (κ3) is 6.78. The molecule has 0 amide bonds. The van der Waals surface area contributed by atoms with Crippen molar-refractivity contribution in [2.45, 2.75) is 34.1 Å². The van der Waals surface area contributed by atoms with E-state index in [0.29, 0.717) is 22.9 Å². The average molecular weight is 425 g/mol. The zero-order valence-electron chi connectivity index (χ0n) is 18.5. The molecular formula is C26H29FO4. The summed E-state index contributed by atoms with van der Waals surface area (Å²) in [6, 6.07) is 11.9. The van der Waals surface area contributed by atoms with E-state index >= 15 is 0 Å². The first kappa shape index (κ1) is 25.6. The van der Waals surface area contributed by atoms with E-state index in [2.05, 4.69) is 13.2 Å². The molecule has 3 rings (SSSR count). The van der Waals surface area contributed by atoms with E-state index < -0.39 is 11.9 Å². The number of ether oxygens (including phenoxy) is 2. The molecule has 0 aromatic heterocycles. The lowest BCUT2D eigenvalue weighted by Crippen LogP contribution is -2.04. The highest BCUT2D eigenvalue weighted by Crippen LogP contribution is 2.31. The highest BCUT2D eigenvalue weighted by molar-refractivity contribution is 6.08. The smallest absolute Gasteiger partial charge is 0.335 e. The van der Waals surface area contributed by atoms with Crippen molar-refractivity contribution in [3.63, 3.8) is 0 Å². The number of hydrogen-bond donors (Lipinski definition) is 0. The zero-order valence-corrected chi connectivity index (χ0v) is 18.5. The van der Waals surface area contributed by atoms with Crippen molar-refractivity contribution in [2.75, 3.05) is 6.61 Å². The van der Waals surface area contributed by atoms with Crippen LogP contribution in [0.25, 0.3) is 21.5 Å². The molecule has 0 aliphatic rings. The van der Waals surface area contributed by atoms with Crippen LogP contribution in [0.2, 0.25) is 0 Å². The Balaban J connectivity index is 0.00000113. The molecule has 0 radical (unpaired) electrons. The molecule has 5 heteroatoms. The first-order valence-corrected chi connectivity index (χ1v) is 10.3. The molecule has 0 bridgehead atoms. The molecule has 0 fully saturated rings. The van der Waals surface area contributed by atoms with Gasteiger partial charge in [0.1, 0.15) is 11.6 Å². The fourth-order valence-corrected chi connectivity index (χ4v) is 2.85. The van der Waals surface area contributed by atoms with Crippen molar-refractivity contribution in [3.8, 4) is 5.75 Å². The number of fused-ring (bicyclic) bond motifs is 3. The predicted octanol–water partition coefficient (Wildman–Crippen LogP) is 6.55. The van der Waals surface area contributed by atoms with Crippen LogP contribution in [0.3, 0.4) is 0 Å². The summed E-state index contributed by atoms with van der Waals surface area (Å²) in [5.41, 5.74) is 0.856. The summed E-state index contributed by atoms with van der Waals surface area (Å²) in [4.78, 5) is 22.4. The maximum Gasteiger partial charge on any atom is 0.335 e. The lowest BCUT2D eigenvalue weighted by Gasteiger charge is -2.10. The monoisotopic (exact) mass is 424 g/mol. The molecule has 0 heterocycles. The maximum atomic E-state index is 14.6. The second kappa shape index (κ2) is 13.0. The van der Waals surface area contributed by atoms with Crippen molar-refractivity contribution in [1.29, 1.82) is 0 Å². The Morgan fingerprint density at radius 2 is 1.52 bits per heavy atom. The Labute approximate surface area is 183 Å². The highest BCUT2D eigenvalue weighted by atomic mass is 19.1. The molecule has 0 aliphatic heterocycles. The SMILES string of the molecule is C=CC(=O)OCCc1ccc2c(c1)c(F)cc1cc(OC(=O)C=C)ccc12.CC.CC. The van der Waals surface area contributed by atoms with Gasteiger partial charge in [0.25, 0.3) is 0 Å². The van der Waals surface area contributed by atoms with Gasteiger partial charge in [0.15, 0.2) is 0 Å². The number of halogens is 1. The Morgan fingerprint density at radius 1 is 0.871 bits per heavy atom. The molecule has 0 atom stereocenters. The number of hydrogen-bond acceptors (Lipinski definition) is 4. The Hall–Kier alpha value is -3.47. The van der Waals surface area contributed by atoms with Gasteiger partial charge >= 0.3 is 11.9 Å². The van der Waals surface area contributed by atoms with E-state index in [1.54, 1.807) is 24.3 Å². The van der Waals surface area contributed by atoms with Gasteiger partial charge < -0.3 is 9.47 Å². The van der Waals surface area contributed by atoms with Gasteiger partial charge in [-0.25, -0.2) is 14.0 Å². The van der Waals surface area contributed by atoms with Gasteiger partial charge in [-0.3, -0.25) is 0 Å². The molecule has 0 saturated carbocycles. The van der Waals surface area contributed by atoms with Gasteiger partial charge in [-0.05, 0) is 46.0 Å². The summed E-state index contributed by atoms with van der Waals surface area (Å²) in [6.45, 7) is 14.9. The molecule has 0 spiro atoms. The Morgan fingerprint density at radius 3 is 2.16 bits per heavy atom. The van der Waals surface area contributed by atoms with Crippen LogP contribution in [0, 0.1) is 5.82 Å². The molecule has 31 heavy (non-hydrogen) atoms. The van der Waals surface area contributed by atoms with E-state index in [1.807, 2.05) is 39.8 Å². The lowest BCUT2D eigenvalue weighted by molar-refractivity contribution is -0.137. The molecule has 164 valence electrons. The second-order valence-corrected chi connectivity index (χ2v) is 5.87. The third-order valence-electron chi connectivity index (χ3n) is 4.12. The molecule has 3 aromatic carbocycles. The standard InChI is InChI=1S/C22H17FO4.2C2H6/c1-3-21(24)26-10-9-14-5-7-18-17-8-6-16(27-22(25)4-2)12-15(17)13-20(23)19(18)11-14;2*1-2/h3-8,11-13H,1-2,9-10H2;2*1-2H3. The quantitative estimate of drug-likeness (QED) is 0.195. The van der Waals surface area contributed by atoms with E-state index in [-0.39, 0.29) is 12.4 Å². The van der Waals surface area contributed by atoms with E-state index in [0.717, 1.165) is 28.5 Å². The topological polar surface area (TPSA) is 52.6 Å². The molecule has 0 unspecified atom stereocenters. The summed E-state index contributed by atoms with van der Waals surface area (Å²) in [6.07, 6.45) is 2.65. The fraction of sp³-hybridized carbons (Fsp3) is 0.231. The number of esters is 2. The normalized spacial score (nSPS) is 9.58. The van der Waals surface area contributed by atoms with Gasteiger partial charge in [0.05, 0.1) is 6.61 Å². The summed E-state index contributed by atoms with van der Waals surface area (Å²) in [7, 11) is 0. The van der Waals surface area contributed by atoms with Crippen LogP contribution in [0.15, 0.2) is 67.8 Å². The van der Waals surface area contributed by atoms with Crippen molar-refractivity contribution < 1.29 is 23.5 Å². The number of carbonyl (C=O) groups excluding carboxylic acids is 2. The summed E-state index contributed by atoms with van der Waals surface area (Å²) in [5, 5.41) is 2.70. The highest BCUT2D eigenvalue weighted by Gasteiger charge is 2.10. The van der Waals surface area contributed by atoms with Crippen LogP contribution < -0.4 is 4.74 Å². The van der Waals surface area contributed by atoms with Crippen molar-refractivity contribution >= 4 is 33.5 Å². The van der Waals surface area contributed by atoms with Crippen LogP contribution in [0.4, 0.5) is 4.39 Å².